The highest BCUT2D eigenvalue weighted by Crippen LogP contribution is 2.35. The Morgan fingerprint density at radius 1 is 1.26 bits per heavy atom. The average molecular weight is 337 g/mol. The van der Waals surface area contributed by atoms with Gasteiger partial charge in [0, 0.05) is 37.3 Å². The maximum absolute atomic E-state index is 12.7. The van der Waals surface area contributed by atoms with Crippen LogP contribution in [0.4, 0.5) is 5.69 Å². The number of carbonyl (C=O) groups excluding carboxylic acids is 1. The average Bonchev–Trinajstić information content (AvgIpc) is 2.81. The van der Waals surface area contributed by atoms with Crippen molar-refractivity contribution in [2.24, 2.45) is 0 Å². The molecule has 0 saturated carbocycles. The van der Waals surface area contributed by atoms with E-state index in [0.29, 0.717) is 24.2 Å². The van der Waals surface area contributed by atoms with Crippen molar-refractivity contribution in [3.05, 3.63) is 29.3 Å². The van der Waals surface area contributed by atoms with Gasteiger partial charge in [0.05, 0.1) is 11.9 Å². The van der Waals surface area contributed by atoms with Crippen molar-refractivity contribution < 1.29 is 13.2 Å². The van der Waals surface area contributed by atoms with Crippen LogP contribution in [0.2, 0.25) is 0 Å². The molecule has 1 amide bonds. The summed E-state index contributed by atoms with van der Waals surface area (Å²) in [6.07, 6.45) is 1.86. The van der Waals surface area contributed by atoms with Gasteiger partial charge in [-0.05, 0) is 44.0 Å². The van der Waals surface area contributed by atoms with E-state index in [-0.39, 0.29) is 18.0 Å². The molecule has 2 atom stereocenters. The normalized spacial score (nSPS) is 24.7. The lowest BCUT2D eigenvalue weighted by Gasteiger charge is -2.34. The highest BCUT2D eigenvalue weighted by atomic mass is 32.2. The van der Waals surface area contributed by atoms with Gasteiger partial charge in [-0.15, -0.1) is 0 Å². The van der Waals surface area contributed by atoms with Gasteiger partial charge in [-0.1, -0.05) is 0 Å². The minimum atomic E-state index is -3.30. The predicted molar refractivity (Wildman–Crippen MR) is 90.3 cm³/mol. The third-order valence-electron chi connectivity index (χ3n) is 4.60. The lowest BCUT2D eigenvalue weighted by molar-refractivity contribution is 0.0655. The van der Waals surface area contributed by atoms with Crippen LogP contribution in [0.15, 0.2) is 18.2 Å². The second kappa shape index (κ2) is 5.79. The molecule has 0 aromatic heterocycles. The Morgan fingerprint density at radius 3 is 2.65 bits per heavy atom. The standard InChI is InChI=1S/C16H23N3O3S/c1-11-8-14-9-13(4-5-15(14)19(11)23(3,21)22)16(20)18-7-6-17-10-12(18)2/h4-5,9,11-12,17H,6-8,10H2,1-3H3/t11?,12-/m0/s1. The lowest BCUT2D eigenvalue weighted by Crippen LogP contribution is -2.52. The number of hydrogen-bond acceptors (Lipinski definition) is 4. The Morgan fingerprint density at radius 2 is 2.00 bits per heavy atom. The molecule has 2 aliphatic heterocycles. The molecule has 0 bridgehead atoms. The third-order valence-corrected chi connectivity index (χ3v) is 5.87. The smallest absolute Gasteiger partial charge is 0.254 e. The SMILES string of the molecule is CC1Cc2cc(C(=O)N3CCNC[C@@H]3C)ccc2N1S(C)(=O)=O. The van der Waals surface area contributed by atoms with Crippen molar-refractivity contribution in [3.8, 4) is 0 Å². The quantitative estimate of drug-likeness (QED) is 0.868. The van der Waals surface area contributed by atoms with Crippen LogP contribution in [0.5, 0.6) is 0 Å². The summed E-state index contributed by atoms with van der Waals surface area (Å²) in [6, 6.07) is 5.42. The van der Waals surface area contributed by atoms with Gasteiger partial charge >= 0.3 is 0 Å². The van der Waals surface area contributed by atoms with Crippen molar-refractivity contribution in [2.75, 3.05) is 30.2 Å². The third kappa shape index (κ3) is 2.95. The summed E-state index contributed by atoms with van der Waals surface area (Å²) in [5, 5.41) is 3.27. The number of carbonyl (C=O) groups is 1. The number of hydrogen-bond donors (Lipinski definition) is 1. The number of benzene rings is 1. The summed E-state index contributed by atoms with van der Waals surface area (Å²) >= 11 is 0. The van der Waals surface area contributed by atoms with E-state index in [9.17, 15) is 13.2 Å². The van der Waals surface area contributed by atoms with Gasteiger partial charge in [0.1, 0.15) is 0 Å². The van der Waals surface area contributed by atoms with Crippen LogP contribution in [-0.2, 0) is 16.4 Å². The first-order chi connectivity index (χ1) is 10.8. The van der Waals surface area contributed by atoms with E-state index < -0.39 is 10.0 Å². The van der Waals surface area contributed by atoms with Crippen LogP contribution in [0.25, 0.3) is 0 Å². The predicted octanol–water partition coefficient (Wildman–Crippen LogP) is 0.831. The van der Waals surface area contributed by atoms with E-state index in [1.807, 2.05) is 24.8 Å². The Bertz CT molecular complexity index is 732. The molecule has 23 heavy (non-hydrogen) atoms. The zero-order valence-corrected chi connectivity index (χ0v) is 14.6. The maximum atomic E-state index is 12.7. The zero-order valence-electron chi connectivity index (χ0n) is 13.7. The number of sulfonamides is 1. The van der Waals surface area contributed by atoms with Gasteiger partial charge in [-0.3, -0.25) is 9.10 Å². The van der Waals surface area contributed by atoms with Crippen LogP contribution in [0.1, 0.15) is 29.8 Å². The van der Waals surface area contributed by atoms with E-state index in [0.717, 1.165) is 18.7 Å². The minimum Gasteiger partial charge on any atom is -0.333 e. The number of amides is 1. The number of rotatable bonds is 2. The van der Waals surface area contributed by atoms with Gasteiger partial charge < -0.3 is 10.2 Å². The topological polar surface area (TPSA) is 69.7 Å². The summed E-state index contributed by atoms with van der Waals surface area (Å²) in [4.78, 5) is 14.6. The molecule has 7 heteroatoms. The number of nitrogens with one attached hydrogen (secondary N) is 1. The van der Waals surface area contributed by atoms with Crippen LogP contribution >= 0.6 is 0 Å². The molecule has 1 aromatic carbocycles. The summed E-state index contributed by atoms with van der Waals surface area (Å²) in [5.74, 6) is 0.0206. The number of piperazine rings is 1. The molecule has 126 valence electrons. The fraction of sp³-hybridized carbons (Fsp3) is 0.562. The molecule has 0 radical (unpaired) electrons. The molecule has 1 aromatic rings. The number of nitrogens with zero attached hydrogens (tertiary/aromatic N) is 2. The van der Waals surface area contributed by atoms with Crippen molar-refractivity contribution in [1.29, 1.82) is 0 Å². The van der Waals surface area contributed by atoms with Crippen LogP contribution in [0, 0.1) is 0 Å². The first-order valence-corrected chi connectivity index (χ1v) is 9.78. The van der Waals surface area contributed by atoms with E-state index in [1.165, 1.54) is 10.6 Å². The van der Waals surface area contributed by atoms with E-state index in [4.69, 9.17) is 0 Å². The lowest BCUT2D eigenvalue weighted by atomic mass is 10.0. The number of fused-ring (bicyclic) bond motifs is 1. The van der Waals surface area contributed by atoms with Crippen LogP contribution in [-0.4, -0.2) is 57.2 Å². The highest BCUT2D eigenvalue weighted by molar-refractivity contribution is 7.92. The van der Waals surface area contributed by atoms with E-state index >= 15 is 0 Å². The van der Waals surface area contributed by atoms with Crippen LogP contribution in [0.3, 0.4) is 0 Å². The van der Waals surface area contributed by atoms with E-state index in [1.54, 1.807) is 12.1 Å². The largest absolute Gasteiger partial charge is 0.333 e. The molecule has 0 spiro atoms. The minimum absolute atomic E-state index is 0.0206. The zero-order chi connectivity index (χ0) is 16.8. The first-order valence-electron chi connectivity index (χ1n) is 7.93. The summed E-state index contributed by atoms with van der Waals surface area (Å²) in [6.45, 7) is 6.23. The molecular formula is C16H23N3O3S. The molecule has 0 aliphatic carbocycles. The first kappa shape index (κ1) is 16.3. The second-order valence-corrected chi connectivity index (χ2v) is 8.37. The van der Waals surface area contributed by atoms with Crippen molar-refractivity contribution >= 4 is 21.6 Å². The molecule has 1 unspecified atom stereocenters. The fourth-order valence-corrected chi connectivity index (χ4v) is 4.81. The Labute approximate surface area is 137 Å². The van der Waals surface area contributed by atoms with Crippen molar-refractivity contribution in [3.63, 3.8) is 0 Å². The molecule has 6 nitrogen and oxygen atoms in total. The molecule has 1 N–H and O–H groups in total. The van der Waals surface area contributed by atoms with Crippen LogP contribution < -0.4 is 9.62 Å². The second-order valence-electron chi connectivity index (χ2n) is 6.51. The molecule has 2 aliphatic rings. The van der Waals surface area contributed by atoms with Gasteiger partial charge in [0.25, 0.3) is 5.91 Å². The van der Waals surface area contributed by atoms with Gasteiger partial charge in [0.2, 0.25) is 10.0 Å². The van der Waals surface area contributed by atoms with Gasteiger partial charge in [0.15, 0.2) is 0 Å². The van der Waals surface area contributed by atoms with Crippen molar-refractivity contribution in [1.82, 2.24) is 10.2 Å². The molecule has 2 heterocycles. The Balaban J connectivity index is 1.91. The highest BCUT2D eigenvalue weighted by Gasteiger charge is 2.33. The Hall–Kier alpha value is -1.60. The maximum Gasteiger partial charge on any atom is 0.254 e. The fourth-order valence-electron chi connectivity index (χ4n) is 3.55. The molecule has 3 rings (SSSR count). The molecule has 1 saturated heterocycles. The van der Waals surface area contributed by atoms with Crippen molar-refractivity contribution in [2.45, 2.75) is 32.4 Å². The van der Waals surface area contributed by atoms with E-state index in [2.05, 4.69) is 5.32 Å². The number of anilines is 1. The summed E-state index contributed by atoms with van der Waals surface area (Å²) in [5.41, 5.74) is 2.27. The van der Waals surface area contributed by atoms with Gasteiger partial charge in [-0.25, -0.2) is 8.42 Å². The summed E-state index contributed by atoms with van der Waals surface area (Å²) in [7, 11) is -3.30. The monoisotopic (exact) mass is 337 g/mol. The Kier molecular flexibility index (Phi) is 4.10. The summed E-state index contributed by atoms with van der Waals surface area (Å²) < 4.78 is 25.4. The molecule has 1 fully saturated rings. The van der Waals surface area contributed by atoms with Gasteiger partial charge in [-0.2, -0.15) is 0 Å². The molecular weight excluding hydrogens is 314 g/mol.